The normalized spacial score (nSPS) is 15.7. The Morgan fingerprint density at radius 1 is 0.938 bits per heavy atom. The second-order valence-electron chi connectivity index (χ2n) is 8.45. The largest absolute Gasteiger partial charge is 0.345 e. The molecular weight excluding hydrogens is 420 g/mol. The maximum atomic E-state index is 13.2. The van der Waals surface area contributed by atoms with Crippen LogP contribution in [0.15, 0.2) is 65.6 Å². The molecule has 166 valence electrons. The van der Waals surface area contributed by atoms with Crippen molar-refractivity contribution in [2.75, 3.05) is 4.72 Å². The number of carbonyl (C=O) groups excluding carboxylic acids is 1. The fourth-order valence-corrected chi connectivity index (χ4v) is 5.63. The fourth-order valence-electron chi connectivity index (χ4n) is 4.24. The molecule has 0 aromatic heterocycles. The third-order valence-corrected chi connectivity index (χ3v) is 7.77. The molecule has 0 aliphatic heterocycles. The summed E-state index contributed by atoms with van der Waals surface area (Å²) in [6.45, 7) is 5.55. The molecule has 0 bridgehead atoms. The lowest BCUT2D eigenvalue weighted by molar-refractivity contribution is 0.0932. The highest BCUT2D eigenvalue weighted by molar-refractivity contribution is 7.92. The van der Waals surface area contributed by atoms with E-state index in [1.165, 1.54) is 11.6 Å². The monoisotopic (exact) mass is 448 g/mol. The first kappa shape index (κ1) is 22.1. The van der Waals surface area contributed by atoms with E-state index >= 15 is 0 Å². The molecule has 0 saturated carbocycles. The molecule has 0 fully saturated rings. The second kappa shape index (κ2) is 8.79. The predicted octanol–water partition coefficient (Wildman–Crippen LogP) is 5.22. The Morgan fingerprint density at radius 3 is 2.53 bits per heavy atom. The lowest BCUT2D eigenvalue weighted by Crippen LogP contribution is -2.31. The van der Waals surface area contributed by atoms with Crippen LogP contribution in [0.2, 0.25) is 0 Å². The Hall–Kier alpha value is -3.12. The highest BCUT2D eigenvalue weighted by Crippen LogP contribution is 2.30. The third-order valence-electron chi connectivity index (χ3n) is 6.26. The topological polar surface area (TPSA) is 75.3 Å². The molecule has 0 saturated heterocycles. The first-order valence-electron chi connectivity index (χ1n) is 10.8. The number of hydrogen-bond acceptors (Lipinski definition) is 3. The average Bonchev–Trinajstić information content (AvgIpc) is 2.77. The zero-order valence-corrected chi connectivity index (χ0v) is 19.4. The Bertz CT molecular complexity index is 1280. The van der Waals surface area contributed by atoms with Crippen molar-refractivity contribution in [3.63, 3.8) is 0 Å². The van der Waals surface area contributed by atoms with Crippen LogP contribution in [0.4, 0.5) is 5.69 Å². The maximum absolute atomic E-state index is 13.2. The molecule has 3 aromatic rings. The molecular formula is C26H28N2O3S. The van der Waals surface area contributed by atoms with Crippen molar-refractivity contribution in [2.24, 2.45) is 0 Å². The molecule has 1 aliphatic carbocycles. The van der Waals surface area contributed by atoms with Gasteiger partial charge in [-0.1, -0.05) is 42.5 Å². The van der Waals surface area contributed by atoms with Crippen LogP contribution >= 0.6 is 0 Å². The Morgan fingerprint density at radius 2 is 1.72 bits per heavy atom. The number of anilines is 1. The van der Waals surface area contributed by atoms with E-state index < -0.39 is 10.0 Å². The Kier molecular flexibility index (Phi) is 6.07. The van der Waals surface area contributed by atoms with Crippen LogP contribution < -0.4 is 10.0 Å². The van der Waals surface area contributed by atoms with Gasteiger partial charge in [0.2, 0.25) is 0 Å². The first-order chi connectivity index (χ1) is 15.3. The van der Waals surface area contributed by atoms with Gasteiger partial charge in [0.1, 0.15) is 0 Å². The van der Waals surface area contributed by atoms with Crippen LogP contribution in [0.3, 0.4) is 0 Å². The highest BCUT2D eigenvalue weighted by Gasteiger charge is 2.24. The molecule has 2 N–H and O–H groups in total. The number of amides is 1. The maximum Gasteiger partial charge on any atom is 0.262 e. The van der Waals surface area contributed by atoms with Crippen LogP contribution in [0.25, 0.3) is 0 Å². The minimum Gasteiger partial charge on any atom is -0.345 e. The van der Waals surface area contributed by atoms with Gasteiger partial charge in [0.05, 0.1) is 16.6 Å². The number of carbonyl (C=O) groups is 1. The quantitative estimate of drug-likeness (QED) is 0.562. The number of sulfonamides is 1. The first-order valence-corrected chi connectivity index (χ1v) is 12.3. The summed E-state index contributed by atoms with van der Waals surface area (Å²) in [7, 11) is -3.85. The van der Waals surface area contributed by atoms with E-state index in [1.807, 2.05) is 38.1 Å². The summed E-state index contributed by atoms with van der Waals surface area (Å²) in [5.41, 5.74) is 5.74. The molecule has 32 heavy (non-hydrogen) atoms. The number of aryl methyl sites for hydroxylation is 3. The zero-order valence-electron chi connectivity index (χ0n) is 18.6. The molecule has 1 aliphatic rings. The summed E-state index contributed by atoms with van der Waals surface area (Å²) in [6, 6.07) is 18.4. The smallest absolute Gasteiger partial charge is 0.262 e. The van der Waals surface area contributed by atoms with Crippen molar-refractivity contribution in [1.82, 2.24) is 5.32 Å². The standard InChI is InChI=1S/C26H28N2O3S/c1-17-8-6-12-23(19(17)3)28-32(30,31)25-16-21(15-14-18(25)2)26(29)27-24-13-7-10-20-9-4-5-11-22(20)24/h4-6,8-9,11-12,14-16,24,28H,7,10,13H2,1-3H3,(H,27,29)/t24-/m1/s1. The predicted molar refractivity (Wildman–Crippen MR) is 127 cm³/mol. The van der Waals surface area contributed by atoms with Gasteiger partial charge in [-0.2, -0.15) is 0 Å². The van der Waals surface area contributed by atoms with E-state index in [0.717, 1.165) is 36.0 Å². The molecule has 0 heterocycles. The minimum atomic E-state index is -3.85. The lowest BCUT2D eigenvalue weighted by Gasteiger charge is -2.26. The van der Waals surface area contributed by atoms with Gasteiger partial charge in [-0.3, -0.25) is 9.52 Å². The summed E-state index contributed by atoms with van der Waals surface area (Å²) in [5, 5.41) is 3.10. The van der Waals surface area contributed by atoms with Crippen LogP contribution in [0.1, 0.15) is 57.1 Å². The van der Waals surface area contributed by atoms with E-state index in [4.69, 9.17) is 0 Å². The molecule has 4 rings (SSSR count). The van der Waals surface area contributed by atoms with E-state index in [0.29, 0.717) is 16.8 Å². The molecule has 3 aromatic carbocycles. The molecule has 0 spiro atoms. The summed E-state index contributed by atoms with van der Waals surface area (Å²) < 4.78 is 29.0. The third kappa shape index (κ3) is 4.41. The van der Waals surface area contributed by atoms with Crippen LogP contribution in [0, 0.1) is 20.8 Å². The number of rotatable bonds is 5. The van der Waals surface area contributed by atoms with Gasteiger partial charge in [0.15, 0.2) is 0 Å². The molecule has 0 unspecified atom stereocenters. The summed E-state index contributed by atoms with van der Waals surface area (Å²) in [4.78, 5) is 13.2. The number of hydrogen-bond donors (Lipinski definition) is 2. The molecule has 1 atom stereocenters. The van der Waals surface area contributed by atoms with Crippen molar-refractivity contribution in [3.05, 3.63) is 94.0 Å². The minimum absolute atomic E-state index is 0.0677. The van der Waals surface area contributed by atoms with Gasteiger partial charge in [0, 0.05) is 5.56 Å². The van der Waals surface area contributed by atoms with E-state index in [-0.39, 0.29) is 16.8 Å². The Labute approximate surface area is 189 Å². The summed E-state index contributed by atoms with van der Waals surface area (Å²) in [5.74, 6) is -0.269. The van der Waals surface area contributed by atoms with Gasteiger partial charge < -0.3 is 5.32 Å². The van der Waals surface area contributed by atoms with Crippen molar-refractivity contribution >= 4 is 21.6 Å². The van der Waals surface area contributed by atoms with E-state index in [9.17, 15) is 13.2 Å². The van der Waals surface area contributed by atoms with Crippen molar-refractivity contribution in [2.45, 2.75) is 51.0 Å². The van der Waals surface area contributed by atoms with Crippen LogP contribution in [-0.4, -0.2) is 14.3 Å². The highest BCUT2D eigenvalue weighted by atomic mass is 32.2. The van der Waals surface area contributed by atoms with Crippen molar-refractivity contribution < 1.29 is 13.2 Å². The van der Waals surface area contributed by atoms with E-state index in [2.05, 4.69) is 22.2 Å². The van der Waals surface area contributed by atoms with Crippen LogP contribution in [0.5, 0.6) is 0 Å². The fraction of sp³-hybridized carbons (Fsp3) is 0.269. The van der Waals surface area contributed by atoms with Gasteiger partial charge in [-0.25, -0.2) is 8.42 Å². The molecule has 0 radical (unpaired) electrons. The Balaban J connectivity index is 1.60. The SMILES string of the molecule is Cc1ccc(C(=O)N[C@@H]2CCCc3ccccc32)cc1S(=O)(=O)Nc1cccc(C)c1C. The second-order valence-corrected chi connectivity index (χ2v) is 10.1. The van der Waals surface area contributed by atoms with Gasteiger partial charge >= 0.3 is 0 Å². The molecule has 6 heteroatoms. The van der Waals surface area contributed by atoms with Gasteiger partial charge in [-0.05, 0) is 86.1 Å². The summed E-state index contributed by atoms with van der Waals surface area (Å²) in [6.07, 6.45) is 2.89. The van der Waals surface area contributed by atoms with Crippen molar-refractivity contribution in [1.29, 1.82) is 0 Å². The number of benzene rings is 3. The molecule has 5 nitrogen and oxygen atoms in total. The lowest BCUT2D eigenvalue weighted by atomic mass is 9.87. The summed E-state index contributed by atoms with van der Waals surface area (Å²) >= 11 is 0. The van der Waals surface area contributed by atoms with Gasteiger partial charge in [0.25, 0.3) is 15.9 Å². The van der Waals surface area contributed by atoms with Gasteiger partial charge in [-0.15, -0.1) is 0 Å². The average molecular weight is 449 g/mol. The van der Waals surface area contributed by atoms with E-state index in [1.54, 1.807) is 25.1 Å². The van der Waals surface area contributed by atoms with Crippen molar-refractivity contribution in [3.8, 4) is 0 Å². The molecule has 1 amide bonds. The number of nitrogens with one attached hydrogen (secondary N) is 2. The zero-order chi connectivity index (χ0) is 22.9. The van der Waals surface area contributed by atoms with Crippen LogP contribution in [-0.2, 0) is 16.4 Å². The number of fused-ring (bicyclic) bond motifs is 1.